The van der Waals surface area contributed by atoms with Gasteiger partial charge in [-0.25, -0.2) is 0 Å². The van der Waals surface area contributed by atoms with E-state index >= 15 is 0 Å². The molecule has 0 aliphatic rings. The molecule has 0 fully saturated rings. The zero-order valence-electron chi connectivity index (χ0n) is 12.9. The molecular formula is C20H16N2O2. The van der Waals surface area contributed by atoms with E-state index in [2.05, 4.69) is 10.2 Å². The van der Waals surface area contributed by atoms with Gasteiger partial charge in [-0.05, 0) is 23.8 Å². The second kappa shape index (κ2) is 7.24. The van der Waals surface area contributed by atoms with Crippen LogP contribution in [0.15, 0.2) is 89.1 Å². The van der Waals surface area contributed by atoms with Gasteiger partial charge in [-0.3, -0.25) is 0 Å². The van der Waals surface area contributed by atoms with Crippen LogP contribution >= 0.6 is 0 Å². The Kier molecular flexibility index (Phi) is 4.68. The molecule has 4 heteroatoms. The van der Waals surface area contributed by atoms with Gasteiger partial charge in [0.2, 0.25) is 0 Å². The molecule has 0 saturated carbocycles. The van der Waals surface area contributed by atoms with Gasteiger partial charge in [0.25, 0.3) is 0 Å². The summed E-state index contributed by atoms with van der Waals surface area (Å²) >= 11 is 0. The Morgan fingerprint density at radius 3 is 1.83 bits per heavy atom. The third-order valence-corrected chi connectivity index (χ3v) is 3.46. The van der Waals surface area contributed by atoms with Crippen molar-refractivity contribution >= 4 is 11.9 Å². The Labute approximate surface area is 140 Å². The third kappa shape index (κ3) is 3.67. The van der Waals surface area contributed by atoms with Crippen LogP contribution < -0.4 is 0 Å². The van der Waals surface area contributed by atoms with Gasteiger partial charge in [-0.15, -0.1) is 5.10 Å². The molecule has 2 N–H and O–H groups in total. The molecule has 0 atom stereocenters. The fraction of sp³-hybridized carbons (Fsp3) is 0. The van der Waals surface area contributed by atoms with E-state index in [0.29, 0.717) is 5.56 Å². The Hall–Kier alpha value is -3.40. The lowest BCUT2D eigenvalue weighted by atomic mass is 10.0. The molecule has 0 aliphatic carbocycles. The summed E-state index contributed by atoms with van der Waals surface area (Å²) < 4.78 is 0. The van der Waals surface area contributed by atoms with E-state index in [0.717, 1.165) is 16.8 Å². The van der Waals surface area contributed by atoms with E-state index < -0.39 is 0 Å². The highest BCUT2D eigenvalue weighted by Crippen LogP contribution is 2.24. The SMILES string of the molecule is Oc1ccc(/C=N/N=C(c2ccccc2)c2ccccc2)cc1O. The van der Waals surface area contributed by atoms with Gasteiger partial charge in [0.15, 0.2) is 11.5 Å². The van der Waals surface area contributed by atoms with Crippen molar-refractivity contribution in [1.29, 1.82) is 0 Å². The van der Waals surface area contributed by atoms with Crippen LogP contribution in [0.2, 0.25) is 0 Å². The Morgan fingerprint density at radius 1 is 0.708 bits per heavy atom. The normalized spacial score (nSPS) is 10.7. The second-order valence-electron chi connectivity index (χ2n) is 5.17. The first-order valence-electron chi connectivity index (χ1n) is 7.48. The summed E-state index contributed by atoms with van der Waals surface area (Å²) in [6, 6.07) is 24.1. The van der Waals surface area contributed by atoms with Crippen molar-refractivity contribution in [2.75, 3.05) is 0 Å². The largest absolute Gasteiger partial charge is 0.504 e. The van der Waals surface area contributed by atoms with Gasteiger partial charge < -0.3 is 10.2 Å². The van der Waals surface area contributed by atoms with Crippen LogP contribution in [0.3, 0.4) is 0 Å². The van der Waals surface area contributed by atoms with Crippen molar-refractivity contribution in [2.24, 2.45) is 10.2 Å². The third-order valence-electron chi connectivity index (χ3n) is 3.46. The molecule has 0 amide bonds. The number of phenolic OH excluding ortho intramolecular Hbond substituents is 2. The zero-order chi connectivity index (χ0) is 16.8. The Balaban J connectivity index is 1.95. The standard InChI is InChI=1S/C20H16N2O2/c23-18-12-11-15(13-19(18)24)14-21-22-20(16-7-3-1-4-8-16)17-9-5-2-6-10-17/h1-14,23-24H/b21-14+. The fourth-order valence-corrected chi connectivity index (χ4v) is 2.25. The molecule has 0 aromatic heterocycles. The molecule has 0 spiro atoms. The lowest BCUT2D eigenvalue weighted by molar-refractivity contribution is 0.403. The average Bonchev–Trinajstić information content (AvgIpc) is 2.63. The molecule has 4 nitrogen and oxygen atoms in total. The quantitative estimate of drug-likeness (QED) is 0.434. The van der Waals surface area contributed by atoms with Crippen molar-refractivity contribution in [1.82, 2.24) is 0 Å². The highest BCUT2D eigenvalue weighted by Gasteiger charge is 2.05. The number of hydrogen-bond donors (Lipinski definition) is 2. The Bertz CT molecular complexity index is 831. The molecular weight excluding hydrogens is 300 g/mol. The topological polar surface area (TPSA) is 65.2 Å². The van der Waals surface area contributed by atoms with E-state index in [1.807, 2.05) is 60.7 Å². The molecule has 0 unspecified atom stereocenters. The van der Waals surface area contributed by atoms with Gasteiger partial charge >= 0.3 is 0 Å². The van der Waals surface area contributed by atoms with Gasteiger partial charge in [0.05, 0.1) is 6.21 Å². The number of hydrogen-bond acceptors (Lipinski definition) is 4. The van der Waals surface area contributed by atoms with Crippen LogP contribution in [0.25, 0.3) is 0 Å². The first kappa shape index (κ1) is 15.5. The van der Waals surface area contributed by atoms with Crippen molar-refractivity contribution in [3.05, 3.63) is 95.6 Å². The van der Waals surface area contributed by atoms with Gasteiger partial charge in [-0.1, -0.05) is 60.7 Å². The molecule has 3 aromatic rings. The van der Waals surface area contributed by atoms with Crippen molar-refractivity contribution < 1.29 is 10.2 Å². The van der Waals surface area contributed by atoms with E-state index in [9.17, 15) is 10.2 Å². The molecule has 24 heavy (non-hydrogen) atoms. The summed E-state index contributed by atoms with van der Waals surface area (Å²) in [4.78, 5) is 0. The number of benzene rings is 3. The van der Waals surface area contributed by atoms with Crippen LogP contribution in [0, 0.1) is 0 Å². The molecule has 0 radical (unpaired) electrons. The van der Waals surface area contributed by atoms with Crippen LogP contribution in [0.5, 0.6) is 11.5 Å². The summed E-state index contributed by atoms with van der Waals surface area (Å²) in [7, 11) is 0. The van der Waals surface area contributed by atoms with E-state index in [-0.39, 0.29) is 11.5 Å². The molecule has 0 heterocycles. The molecule has 0 bridgehead atoms. The molecule has 0 saturated heterocycles. The lowest BCUT2D eigenvalue weighted by Gasteiger charge is -2.05. The zero-order valence-corrected chi connectivity index (χ0v) is 12.9. The fourth-order valence-electron chi connectivity index (χ4n) is 2.25. The summed E-state index contributed by atoms with van der Waals surface area (Å²) in [5.41, 5.74) is 3.34. The summed E-state index contributed by atoms with van der Waals surface area (Å²) in [5.74, 6) is -0.348. The van der Waals surface area contributed by atoms with Crippen LogP contribution in [-0.2, 0) is 0 Å². The van der Waals surface area contributed by atoms with Crippen LogP contribution in [0.1, 0.15) is 16.7 Å². The van der Waals surface area contributed by atoms with E-state index in [1.54, 1.807) is 6.07 Å². The maximum atomic E-state index is 9.52. The van der Waals surface area contributed by atoms with Crippen molar-refractivity contribution in [3.63, 3.8) is 0 Å². The Morgan fingerprint density at radius 2 is 1.29 bits per heavy atom. The minimum Gasteiger partial charge on any atom is -0.504 e. The first-order chi connectivity index (χ1) is 11.7. The highest BCUT2D eigenvalue weighted by molar-refractivity contribution is 6.12. The van der Waals surface area contributed by atoms with Gasteiger partial charge in [-0.2, -0.15) is 5.10 Å². The molecule has 118 valence electrons. The first-order valence-corrected chi connectivity index (χ1v) is 7.48. The average molecular weight is 316 g/mol. The lowest BCUT2D eigenvalue weighted by Crippen LogP contribution is -2.02. The highest BCUT2D eigenvalue weighted by atomic mass is 16.3. The summed E-state index contributed by atoms with van der Waals surface area (Å²) in [6.45, 7) is 0. The smallest absolute Gasteiger partial charge is 0.158 e. The predicted octanol–water partition coefficient (Wildman–Crippen LogP) is 3.97. The minimum absolute atomic E-state index is 0.162. The molecule has 3 rings (SSSR count). The number of phenols is 2. The number of nitrogens with zero attached hydrogens (tertiary/aromatic N) is 2. The maximum absolute atomic E-state index is 9.52. The van der Waals surface area contributed by atoms with Crippen molar-refractivity contribution in [2.45, 2.75) is 0 Å². The summed E-state index contributed by atoms with van der Waals surface area (Å²) in [5, 5.41) is 27.3. The summed E-state index contributed by atoms with van der Waals surface area (Å²) in [6.07, 6.45) is 1.53. The van der Waals surface area contributed by atoms with E-state index in [1.165, 1.54) is 18.3 Å². The number of rotatable bonds is 4. The molecule has 3 aromatic carbocycles. The second-order valence-corrected chi connectivity index (χ2v) is 5.17. The van der Waals surface area contributed by atoms with Crippen LogP contribution in [0.4, 0.5) is 0 Å². The van der Waals surface area contributed by atoms with Gasteiger partial charge in [0.1, 0.15) is 5.71 Å². The molecule has 0 aliphatic heterocycles. The van der Waals surface area contributed by atoms with Crippen molar-refractivity contribution in [3.8, 4) is 11.5 Å². The predicted molar refractivity (Wildman–Crippen MR) is 95.9 cm³/mol. The minimum atomic E-state index is -0.186. The monoisotopic (exact) mass is 316 g/mol. The maximum Gasteiger partial charge on any atom is 0.158 e. The van der Waals surface area contributed by atoms with Gasteiger partial charge in [0, 0.05) is 11.1 Å². The number of aromatic hydroxyl groups is 2. The van der Waals surface area contributed by atoms with Crippen LogP contribution in [-0.4, -0.2) is 22.1 Å². The van der Waals surface area contributed by atoms with E-state index in [4.69, 9.17) is 0 Å².